The minimum Gasteiger partial charge on any atom is -0.550 e. The number of carboxylic acid groups (broad SMARTS) is 1. The second-order valence-electron chi connectivity index (χ2n) is 7.73. The predicted octanol–water partition coefficient (Wildman–Crippen LogP) is -0.702. The molecule has 2 aromatic carbocycles. The maximum Gasteiger partial charge on any atom is 1.00 e. The van der Waals surface area contributed by atoms with Crippen LogP contribution in [-0.4, -0.2) is 29.9 Å². The molecule has 0 spiro atoms. The van der Waals surface area contributed by atoms with Crippen molar-refractivity contribution in [2.24, 2.45) is 0 Å². The second-order valence-corrected chi connectivity index (χ2v) is 7.73. The molecule has 2 N–H and O–H groups in total. The van der Waals surface area contributed by atoms with Crippen LogP contribution in [0.2, 0.25) is 0 Å². The van der Waals surface area contributed by atoms with Gasteiger partial charge in [0.25, 0.3) is 5.91 Å². The van der Waals surface area contributed by atoms with Gasteiger partial charge in [-0.05, 0) is 71.7 Å². The van der Waals surface area contributed by atoms with Gasteiger partial charge in [0.2, 0.25) is 0 Å². The van der Waals surface area contributed by atoms with Crippen molar-refractivity contribution in [1.29, 1.82) is 0 Å². The van der Waals surface area contributed by atoms with Crippen LogP contribution in [0.5, 0.6) is 0 Å². The summed E-state index contributed by atoms with van der Waals surface area (Å²) >= 11 is 0. The summed E-state index contributed by atoms with van der Waals surface area (Å²) in [6, 6.07) is 19.2. The molecular formula is C25H24N3NaO3. The summed E-state index contributed by atoms with van der Waals surface area (Å²) in [6.07, 6.45) is 3.00. The zero-order chi connectivity index (χ0) is 21.6. The zero-order valence-corrected chi connectivity index (χ0v) is 20.1. The minimum absolute atomic E-state index is 0. The molecule has 6 nitrogen and oxygen atoms in total. The maximum atomic E-state index is 12.6. The summed E-state index contributed by atoms with van der Waals surface area (Å²) in [4.78, 5) is 28.1. The SMILES string of the molecule is O=C([O-])CC1Cc2ccc(C(=O)NCCNc3ccccn3)cc2Cc2ccccc21.[Na+]. The number of carbonyl (C=O) groups excluding carboxylic acids is 2. The number of carbonyl (C=O) groups is 2. The van der Waals surface area contributed by atoms with E-state index in [2.05, 4.69) is 15.6 Å². The average molecular weight is 437 g/mol. The monoisotopic (exact) mass is 437 g/mol. The van der Waals surface area contributed by atoms with Crippen molar-refractivity contribution in [2.45, 2.75) is 25.2 Å². The number of nitrogens with zero attached hydrogens (tertiary/aromatic N) is 1. The number of hydrogen-bond donors (Lipinski definition) is 2. The number of amides is 1. The Hall–Kier alpha value is -2.67. The third kappa shape index (κ3) is 5.97. The van der Waals surface area contributed by atoms with Gasteiger partial charge in [-0.2, -0.15) is 0 Å². The van der Waals surface area contributed by atoms with Crippen LogP contribution in [0.3, 0.4) is 0 Å². The van der Waals surface area contributed by atoms with E-state index in [0.717, 1.165) is 28.1 Å². The molecule has 1 unspecified atom stereocenters. The Kier molecular flexibility index (Phi) is 8.45. The molecule has 158 valence electrons. The van der Waals surface area contributed by atoms with Crippen LogP contribution in [-0.2, 0) is 17.6 Å². The summed E-state index contributed by atoms with van der Waals surface area (Å²) in [5.41, 5.74) is 4.90. The summed E-state index contributed by atoms with van der Waals surface area (Å²) in [6.45, 7) is 1.05. The smallest absolute Gasteiger partial charge is 0.550 e. The fraction of sp³-hybridized carbons (Fsp3) is 0.240. The van der Waals surface area contributed by atoms with Crippen LogP contribution in [0.4, 0.5) is 5.82 Å². The molecule has 1 atom stereocenters. The van der Waals surface area contributed by atoms with Gasteiger partial charge in [0.1, 0.15) is 5.82 Å². The molecule has 7 heteroatoms. The van der Waals surface area contributed by atoms with Crippen molar-refractivity contribution in [1.82, 2.24) is 10.3 Å². The molecule has 1 aromatic heterocycles. The Morgan fingerprint density at radius 2 is 1.78 bits per heavy atom. The molecular weight excluding hydrogens is 413 g/mol. The van der Waals surface area contributed by atoms with Crippen LogP contribution in [0.25, 0.3) is 0 Å². The van der Waals surface area contributed by atoms with Gasteiger partial charge in [-0.1, -0.05) is 36.4 Å². The maximum absolute atomic E-state index is 12.6. The first-order valence-electron chi connectivity index (χ1n) is 10.4. The summed E-state index contributed by atoms with van der Waals surface area (Å²) in [5, 5.41) is 17.4. The van der Waals surface area contributed by atoms with Gasteiger partial charge < -0.3 is 20.5 Å². The zero-order valence-electron chi connectivity index (χ0n) is 18.1. The van der Waals surface area contributed by atoms with Crippen molar-refractivity contribution in [3.8, 4) is 0 Å². The number of nitrogens with one attached hydrogen (secondary N) is 2. The van der Waals surface area contributed by atoms with Crippen molar-refractivity contribution in [3.63, 3.8) is 0 Å². The Labute approximate surface area is 209 Å². The first-order chi connectivity index (χ1) is 15.1. The quantitative estimate of drug-likeness (QED) is 0.377. The van der Waals surface area contributed by atoms with Crippen molar-refractivity contribution in [3.05, 3.63) is 94.7 Å². The molecule has 1 aliphatic carbocycles. The molecule has 0 bridgehead atoms. The minimum atomic E-state index is -1.04. The number of rotatable bonds is 7. The van der Waals surface area contributed by atoms with Crippen LogP contribution in [0.1, 0.15) is 45.0 Å². The van der Waals surface area contributed by atoms with Crippen LogP contribution >= 0.6 is 0 Å². The first-order valence-corrected chi connectivity index (χ1v) is 10.4. The van der Waals surface area contributed by atoms with Crippen molar-refractivity contribution < 1.29 is 44.3 Å². The number of benzene rings is 2. The van der Waals surface area contributed by atoms with Crippen LogP contribution < -0.4 is 45.3 Å². The molecule has 0 radical (unpaired) electrons. The van der Waals surface area contributed by atoms with Gasteiger partial charge in [0, 0.05) is 30.8 Å². The first kappa shape index (κ1) is 24.0. The largest absolute Gasteiger partial charge is 1.00 e. The molecule has 1 amide bonds. The Morgan fingerprint density at radius 3 is 2.56 bits per heavy atom. The molecule has 32 heavy (non-hydrogen) atoms. The van der Waals surface area contributed by atoms with Crippen molar-refractivity contribution in [2.75, 3.05) is 18.4 Å². The summed E-state index contributed by atoms with van der Waals surface area (Å²) in [5.74, 6) is -0.528. The third-order valence-corrected chi connectivity index (χ3v) is 5.61. The molecule has 3 aromatic rings. The summed E-state index contributed by atoms with van der Waals surface area (Å²) < 4.78 is 0. The molecule has 0 fully saturated rings. The molecule has 1 heterocycles. The van der Waals surface area contributed by atoms with E-state index in [1.807, 2.05) is 60.7 Å². The average Bonchev–Trinajstić information content (AvgIpc) is 2.93. The number of carboxylic acids is 1. The van der Waals surface area contributed by atoms with E-state index in [9.17, 15) is 14.7 Å². The number of pyridine rings is 1. The van der Waals surface area contributed by atoms with E-state index in [0.29, 0.717) is 31.5 Å². The van der Waals surface area contributed by atoms with E-state index in [1.54, 1.807) is 6.20 Å². The van der Waals surface area contributed by atoms with E-state index in [-0.39, 0.29) is 47.8 Å². The van der Waals surface area contributed by atoms with Crippen LogP contribution in [0, 0.1) is 0 Å². The topological polar surface area (TPSA) is 94.1 Å². The number of anilines is 1. The fourth-order valence-electron chi connectivity index (χ4n) is 4.12. The molecule has 0 saturated heterocycles. The van der Waals surface area contributed by atoms with Gasteiger partial charge in [0.15, 0.2) is 0 Å². The van der Waals surface area contributed by atoms with E-state index in [4.69, 9.17) is 0 Å². The summed E-state index contributed by atoms with van der Waals surface area (Å²) in [7, 11) is 0. The van der Waals surface area contributed by atoms with Gasteiger partial charge in [0.05, 0.1) is 0 Å². The Balaban J connectivity index is 0.00000289. The van der Waals surface area contributed by atoms with E-state index in [1.165, 1.54) is 0 Å². The van der Waals surface area contributed by atoms with Gasteiger partial charge in [-0.25, -0.2) is 4.98 Å². The van der Waals surface area contributed by atoms with Crippen molar-refractivity contribution >= 4 is 17.7 Å². The predicted molar refractivity (Wildman–Crippen MR) is 117 cm³/mol. The number of fused-ring (bicyclic) bond motifs is 2. The molecule has 0 aliphatic heterocycles. The van der Waals surface area contributed by atoms with Crippen LogP contribution in [0.15, 0.2) is 66.9 Å². The van der Waals surface area contributed by atoms with E-state index >= 15 is 0 Å². The third-order valence-electron chi connectivity index (χ3n) is 5.61. The van der Waals surface area contributed by atoms with E-state index < -0.39 is 5.97 Å². The standard InChI is InChI=1S/C25H25N3O3.Na/c29-24(30)16-21-13-17-8-9-19(15-20(17)14-18-5-1-2-6-22(18)21)25(31)28-12-11-27-23-7-3-4-10-26-23;/h1-10,15,21H,11-14,16H2,(H,26,27)(H,28,31)(H,29,30);/q;+1/p-1. The molecule has 0 saturated carbocycles. The second kappa shape index (κ2) is 11.3. The number of aromatic nitrogens is 1. The van der Waals surface area contributed by atoms with Gasteiger partial charge in [-0.15, -0.1) is 0 Å². The molecule has 4 rings (SSSR count). The Morgan fingerprint density at radius 1 is 0.969 bits per heavy atom. The van der Waals surface area contributed by atoms with Gasteiger partial charge in [-0.3, -0.25) is 4.79 Å². The van der Waals surface area contributed by atoms with Gasteiger partial charge >= 0.3 is 29.6 Å². The number of aliphatic carboxylic acids is 1. The normalized spacial score (nSPS) is 14.2. The molecule has 1 aliphatic rings. The fourth-order valence-corrected chi connectivity index (χ4v) is 4.12. The number of hydrogen-bond acceptors (Lipinski definition) is 5. The Bertz CT molecular complexity index is 1090.